The highest BCUT2D eigenvalue weighted by Crippen LogP contribution is 2.34. The van der Waals surface area contributed by atoms with Crippen LogP contribution in [0.15, 0.2) is 0 Å². The molecular weight excluding hydrogens is 274 g/mol. The SMILES string of the molecule is CCC1(C(=O)O)CCCN(C(=O)N2CCC(C(N)=O)C2)C1. The molecule has 2 fully saturated rings. The Morgan fingerprint density at radius 2 is 2.00 bits per heavy atom. The maximum atomic E-state index is 12.5. The second kappa shape index (κ2) is 5.91. The van der Waals surface area contributed by atoms with Crippen molar-refractivity contribution < 1.29 is 19.5 Å². The molecule has 3 amide bonds. The number of nitrogens with two attached hydrogens (primary N) is 1. The summed E-state index contributed by atoms with van der Waals surface area (Å²) in [6, 6.07) is -0.169. The number of hydrogen-bond acceptors (Lipinski definition) is 3. The van der Waals surface area contributed by atoms with Crippen LogP contribution in [0.3, 0.4) is 0 Å². The Morgan fingerprint density at radius 1 is 1.29 bits per heavy atom. The second-order valence-corrected chi connectivity index (χ2v) is 6.08. The Morgan fingerprint density at radius 3 is 2.52 bits per heavy atom. The van der Waals surface area contributed by atoms with E-state index in [4.69, 9.17) is 5.73 Å². The first-order valence-electron chi connectivity index (χ1n) is 7.46. The van der Waals surface area contributed by atoms with Gasteiger partial charge < -0.3 is 20.6 Å². The molecule has 2 atom stereocenters. The van der Waals surface area contributed by atoms with E-state index in [9.17, 15) is 19.5 Å². The fourth-order valence-electron chi connectivity index (χ4n) is 3.28. The van der Waals surface area contributed by atoms with E-state index >= 15 is 0 Å². The molecule has 0 aromatic carbocycles. The molecule has 0 aromatic heterocycles. The molecule has 7 nitrogen and oxygen atoms in total. The van der Waals surface area contributed by atoms with E-state index in [0.29, 0.717) is 45.3 Å². The highest BCUT2D eigenvalue weighted by Gasteiger charge is 2.43. The number of urea groups is 1. The predicted octanol–water partition coefficient (Wildman–Crippen LogP) is 0.490. The Labute approximate surface area is 124 Å². The molecule has 0 spiro atoms. The van der Waals surface area contributed by atoms with Crippen molar-refractivity contribution in [1.29, 1.82) is 0 Å². The van der Waals surface area contributed by atoms with Crippen LogP contribution in [0.4, 0.5) is 4.79 Å². The van der Waals surface area contributed by atoms with Crippen molar-refractivity contribution in [2.24, 2.45) is 17.1 Å². The van der Waals surface area contributed by atoms with Crippen LogP contribution >= 0.6 is 0 Å². The van der Waals surface area contributed by atoms with Crippen LogP contribution in [0.5, 0.6) is 0 Å². The summed E-state index contributed by atoms with van der Waals surface area (Å²) in [7, 11) is 0. The van der Waals surface area contributed by atoms with Crippen molar-refractivity contribution in [2.45, 2.75) is 32.6 Å². The van der Waals surface area contributed by atoms with Gasteiger partial charge >= 0.3 is 12.0 Å². The van der Waals surface area contributed by atoms with Crippen molar-refractivity contribution in [1.82, 2.24) is 9.80 Å². The number of aliphatic carboxylic acids is 1. The number of primary amides is 1. The van der Waals surface area contributed by atoms with Crippen LogP contribution in [0.1, 0.15) is 32.6 Å². The number of likely N-dealkylation sites (tertiary alicyclic amines) is 2. The number of rotatable bonds is 3. The molecule has 2 aliphatic rings. The van der Waals surface area contributed by atoms with Gasteiger partial charge in [-0.25, -0.2) is 4.79 Å². The fourth-order valence-corrected chi connectivity index (χ4v) is 3.28. The summed E-state index contributed by atoms with van der Waals surface area (Å²) < 4.78 is 0. The van der Waals surface area contributed by atoms with Crippen molar-refractivity contribution in [3.8, 4) is 0 Å². The number of carboxylic acids is 1. The third-order valence-corrected chi connectivity index (χ3v) is 4.84. The van der Waals surface area contributed by atoms with Crippen LogP contribution in [-0.4, -0.2) is 59.0 Å². The van der Waals surface area contributed by atoms with Gasteiger partial charge in [0.1, 0.15) is 0 Å². The van der Waals surface area contributed by atoms with E-state index in [-0.39, 0.29) is 24.4 Å². The zero-order valence-corrected chi connectivity index (χ0v) is 12.4. The van der Waals surface area contributed by atoms with E-state index in [1.54, 1.807) is 9.80 Å². The summed E-state index contributed by atoms with van der Waals surface area (Å²) in [6.07, 6.45) is 2.40. The highest BCUT2D eigenvalue weighted by atomic mass is 16.4. The first kappa shape index (κ1) is 15.6. The molecule has 2 heterocycles. The molecule has 2 unspecified atom stereocenters. The molecule has 0 saturated carbocycles. The van der Waals surface area contributed by atoms with Crippen LogP contribution in [0, 0.1) is 11.3 Å². The predicted molar refractivity (Wildman–Crippen MR) is 75.4 cm³/mol. The zero-order chi connectivity index (χ0) is 15.6. The number of carbonyl (C=O) groups is 3. The molecule has 0 aromatic rings. The first-order chi connectivity index (χ1) is 9.89. The summed E-state index contributed by atoms with van der Waals surface area (Å²) >= 11 is 0. The monoisotopic (exact) mass is 297 g/mol. The van der Waals surface area contributed by atoms with Gasteiger partial charge in [-0.1, -0.05) is 6.92 Å². The Bertz CT molecular complexity index is 454. The maximum Gasteiger partial charge on any atom is 0.320 e. The van der Waals surface area contributed by atoms with Gasteiger partial charge in [-0.05, 0) is 25.7 Å². The molecule has 2 rings (SSSR count). The quantitative estimate of drug-likeness (QED) is 0.791. The molecular formula is C14H23N3O4. The molecule has 7 heteroatoms. The Balaban J connectivity index is 2.03. The average Bonchev–Trinajstić information content (AvgIpc) is 2.96. The third kappa shape index (κ3) is 2.96. The van der Waals surface area contributed by atoms with Gasteiger partial charge in [0, 0.05) is 26.2 Å². The van der Waals surface area contributed by atoms with E-state index in [2.05, 4.69) is 0 Å². The van der Waals surface area contributed by atoms with Crippen molar-refractivity contribution in [3.05, 3.63) is 0 Å². The summed E-state index contributed by atoms with van der Waals surface area (Å²) in [4.78, 5) is 38.4. The summed E-state index contributed by atoms with van der Waals surface area (Å²) in [5.41, 5.74) is 4.44. The third-order valence-electron chi connectivity index (χ3n) is 4.84. The van der Waals surface area contributed by atoms with Gasteiger partial charge in [0.2, 0.25) is 5.91 Å². The van der Waals surface area contributed by atoms with Crippen molar-refractivity contribution in [3.63, 3.8) is 0 Å². The smallest absolute Gasteiger partial charge is 0.320 e. The summed E-state index contributed by atoms with van der Waals surface area (Å²) in [6.45, 7) is 3.52. The number of hydrogen-bond donors (Lipinski definition) is 2. The number of carboxylic acid groups (broad SMARTS) is 1. The summed E-state index contributed by atoms with van der Waals surface area (Å²) in [5.74, 6) is -1.49. The molecule has 118 valence electrons. The van der Waals surface area contributed by atoms with Gasteiger partial charge in [-0.15, -0.1) is 0 Å². The molecule has 2 saturated heterocycles. The molecule has 3 N–H and O–H groups in total. The maximum absolute atomic E-state index is 12.5. The lowest BCUT2D eigenvalue weighted by atomic mass is 9.78. The van der Waals surface area contributed by atoms with E-state index in [0.717, 1.165) is 0 Å². The van der Waals surface area contributed by atoms with Gasteiger partial charge in [-0.3, -0.25) is 9.59 Å². The van der Waals surface area contributed by atoms with Gasteiger partial charge in [-0.2, -0.15) is 0 Å². The normalized spacial score (nSPS) is 29.5. The second-order valence-electron chi connectivity index (χ2n) is 6.08. The first-order valence-corrected chi connectivity index (χ1v) is 7.46. The average molecular weight is 297 g/mol. The van der Waals surface area contributed by atoms with Gasteiger partial charge in [0.05, 0.1) is 11.3 Å². The van der Waals surface area contributed by atoms with Crippen LogP contribution in [0.2, 0.25) is 0 Å². The zero-order valence-electron chi connectivity index (χ0n) is 12.4. The number of nitrogens with zero attached hydrogens (tertiary/aromatic N) is 2. The molecule has 21 heavy (non-hydrogen) atoms. The minimum absolute atomic E-state index is 0.169. The number of carbonyl (C=O) groups excluding carboxylic acids is 2. The standard InChI is InChI=1S/C14H23N3O4/c1-2-14(12(19)20)5-3-6-17(9-14)13(21)16-7-4-10(8-16)11(15)18/h10H,2-9H2,1H3,(H2,15,18)(H,19,20). The minimum atomic E-state index is -0.837. The van der Waals surface area contributed by atoms with Gasteiger partial charge in [0.15, 0.2) is 0 Å². The van der Waals surface area contributed by atoms with Crippen LogP contribution in [0.25, 0.3) is 0 Å². The van der Waals surface area contributed by atoms with Gasteiger partial charge in [0.25, 0.3) is 0 Å². The van der Waals surface area contributed by atoms with E-state index in [1.165, 1.54) is 0 Å². The van der Waals surface area contributed by atoms with Crippen LogP contribution in [-0.2, 0) is 9.59 Å². The van der Waals surface area contributed by atoms with Crippen molar-refractivity contribution in [2.75, 3.05) is 26.2 Å². The fraction of sp³-hybridized carbons (Fsp3) is 0.786. The van der Waals surface area contributed by atoms with E-state index in [1.807, 2.05) is 6.92 Å². The largest absolute Gasteiger partial charge is 0.481 e. The van der Waals surface area contributed by atoms with Crippen LogP contribution < -0.4 is 5.73 Å². The topological polar surface area (TPSA) is 104 Å². The summed E-state index contributed by atoms with van der Waals surface area (Å²) in [5, 5.41) is 9.46. The van der Waals surface area contributed by atoms with Crippen molar-refractivity contribution >= 4 is 17.9 Å². The Hall–Kier alpha value is -1.79. The molecule has 2 aliphatic heterocycles. The molecule has 0 radical (unpaired) electrons. The lowest BCUT2D eigenvalue weighted by Crippen LogP contribution is -2.53. The number of piperidine rings is 1. The highest BCUT2D eigenvalue weighted by molar-refractivity contribution is 5.81. The molecule has 0 aliphatic carbocycles. The lowest BCUT2D eigenvalue weighted by molar-refractivity contribution is -0.152. The van der Waals surface area contributed by atoms with E-state index < -0.39 is 11.4 Å². The Kier molecular flexibility index (Phi) is 4.39. The molecule has 0 bridgehead atoms. The lowest BCUT2D eigenvalue weighted by Gasteiger charge is -2.40. The number of amides is 3. The minimum Gasteiger partial charge on any atom is -0.481 e.